The number of nitrogens with one attached hydrogen (secondary N) is 1. The first kappa shape index (κ1) is 20.9. The predicted molar refractivity (Wildman–Crippen MR) is 130 cm³/mol. The van der Waals surface area contributed by atoms with Gasteiger partial charge in [-0.2, -0.15) is 0 Å². The third-order valence-electron chi connectivity index (χ3n) is 6.53. The van der Waals surface area contributed by atoms with Crippen molar-refractivity contribution in [2.45, 2.75) is 32.7 Å². The highest BCUT2D eigenvalue weighted by Crippen LogP contribution is 2.52. The van der Waals surface area contributed by atoms with E-state index in [9.17, 15) is 4.79 Å². The summed E-state index contributed by atoms with van der Waals surface area (Å²) in [5, 5.41) is 6.44. The van der Waals surface area contributed by atoms with Gasteiger partial charge in [-0.15, -0.1) is 0 Å². The largest absolute Gasteiger partial charge is 0.493 e. The van der Waals surface area contributed by atoms with Crippen molar-refractivity contribution in [3.63, 3.8) is 0 Å². The molecule has 5 heteroatoms. The molecule has 1 N–H and O–H groups in total. The van der Waals surface area contributed by atoms with Crippen molar-refractivity contribution in [2.75, 3.05) is 19.5 Å². The normalized spacial score (nSPS) is 19.3. The number of rotatable bonds is 3. The Balaban J connectivity index is 1.78. The highest BCUT2D eigenvalue weighted by Gasteiger charge is 2.41. The molecule has 32 heavy (non-hydrogen) atoms. The molecule has 0 amide bonds. The Kier molecular flexibility index (Phi) is 4.94. The highest BCUT2D eigenvalue weighted by atomic mass is 35.5. The Labute approximate surface area is 193 Å². The van der Waals surface area contributed by atoms with Gasteiger partial charge in [-0.25, -0.2) is 0 Å². The standard InChI is InChI=1S/C27H26ClNO3/c1-27(2)13-18-23-17-8-6-5-7-15(17)9-10-20(23)29-25(24(18)21(30)14-27)16-11-19(28)26(32-4)22(12-16)31-3/h5-12,25,29H,13-14H2,1-4H3/t25-/m1/s1. The number of carbonyl (C=O) groups is 1. The van der Waals surface area contributed by atoms with Crippen LogP contribution in [0.4, 0.5) is 5.69 Å². The van der Waals surface area contributed by atoms with E-state index >= 15 is 0 Å². The molecule has 0 saturated heterocycles. The number of hydrogen-bond acceptors (Lipinski definition) is 4. The molecule has 1 heterocycles. The van der Waals surface area contributed by atoms with Gasteiger partial charge in [0.25, 0.3) is 0 Å². The SMILES string of the molecule is COc1cc([C@H]2Nc3ccc4ccccc4c3C3=C2C(=O)CC(C)(C)C3)cc(Cl)c1OC. The van der Waals surface area contributed by atoms with Crippen LogP contribution in [0.2, 0.25) is 5.02 Å². The minimum Gasteiger partial charge on any atom is -0.493 e. The van der Waals surface area contributed by atoms with Crippen LogP contribution in [0.25, 0.3) is 16.3 Å². The van der Waals surface area contributed by atoms with Crippen LogP contribution in [0.5, 0.6) is 11.5 Å². The molecule has 2 aliphatic rings. The van der Waals surface area contributed by atoms with Gasteiger partial charge in [-0.05, 0) is 51.9 Å². The molecular formula is C27H26ClNO3. The van der Waals surface area contributed by atoms with E-state index in [1.165, 1.54) is 10.8 Å². The number of halogens is 1. The van der Waals surface area contributed by atoms with E-state index in [0.29, 0.717) is 22.9 Å². The fourth-order valence-electron chi connectivity index (χ4n) is 5.19. The molecule has 0 bridgehead atoms. The van der Waals surface area contributed by atoms with Crippen molar-refractivity contribution in [2.24, 2.45) is 5.41 Å². The van der Waals surface area contributed by atoms with E-state index in [0.717, 1.165) is 34.4 Å². The molecule has 0 unspecified atom stereocenters. The summed E-state index contributed by atoms with van der Waals surface area (Å²) < 4.78 is 10.9. The van der Waals surface area contributed by atoms with E-state index in [1.807, 2.05) is 18.2 Å². The number of ketones is 1. The lowest BCUT2D eigenvalue weighted by molar-refractivity contribution is -0.118. The van der Waals surface area contributed by atoms with Gasteiger partial charge in [0.1, 0.15) is 0 Å². The monoisotopic (exact) mass is 447 g/mol. The van der Waals surface area contributed by atoms with E-state index < -0.39 is 0 Å². The molecule has 5 rings (SSSR count). The summed E-state index contributed by atoms with van der Waals surface area (Å²) in [5.74, 6) is 1.22. The predicted octanol–water partition coefficient (Wildman–Crippen LogP) is 6.82. The molecule has 4 nitrogen and oxygen atoms in total. The van der Waals surface area contributed by atoms with Crippen molar-refractivity contribution in [3.05, 3.63) is 70.3 Å². The summed E-state index contributed by atoms with van der Waals surface area (Å²) in [6, 6.07) is 16.1. The molecule has 3 aromatic rings. The van der Waals surface area contributed by atoms with E-state index in [1.54, 1.807) is 14.2 Å². The van der Waals surface area contributed by atoms with E-state index in [2.05, 4.69) is 49.5 Å². The summed E-state index contributed by atoms with van der Waals surface area (Å²) >= 11 is 6.53. The zero-order valence-corrected chi connectivity index (χ0v) is 19.5. The summed E-state index contributed by atoms with van der Waals surface area (Å²) in [7, 11) is 3.16. The Morgan fingerprint density at radius 3 is 2.56 bits per heavy atom. The van der Waals surface area contributed by atoms with Crippen LogP contribution in [-0.4, -0.2) is 20.0 Å². The van der Waals surface area contributed by atoms with Crippen molar-refractivity contribution in [1.82, 2.24) is 0 Å². The molecular weight excluding hydrogens is 422 g/mol. The van der Waals surface area contributed by atoms with Gasteiger partial charge in [0.2, 0.25) is 0 Å². The average Bonchev–Trinajstić information content (AvgIpc) is 2.76. The number of allylic oxidation sites excluding steroid dienone is 1. The van der Waals surface area contributed by atoms with Crippen molar-refractivity contribution < 1.29 is 14.3 Å². The summed E-state index contributed by atoms with van der Waals surface area (Å²) in [6.45, 7) is 4.34. The fourth-order valence-corrected chi connectivity index (χ4v) is 5.49. The Morgan fingerprint density at radius 1 is 1.03 bits per heavy atom. The molecule has 164 valence electrons. The molecule has 0 spiro atoms. The summed E-state index contributed by atoms with van der Waals surface area (Å²) in [5.41, 5.74) is 4.92. The molecule has 1 aliphatic heterocycles. The smallest absolute Gasteiger partial charge is 0.179 e. The number of carbonyl (C=O) groups excluding carboxylic acids is 1. The quantitative estimate of drug-likeness (QED) is 0.478. The van der Waals surface area contributed by atoms with Crippen LogP contribution in [0.3, 0.4) is 0 Å². The number of methoxy groups -OCH3 is 2. The molecule has 0 saturated carbocycles. The average molecular weight is 448 g/mol. The van der Waals surface area contributed by atoms with Crippen molar-refractivity contribution in [3.8, 4) is 11.5 Å². The Bertz CT molecular complexity index is 1290. The number of benzene rings is 3. The fraction of sp³-hybridized carbons (Fsp3) is 0.296. The first-order valence-electron chi connectivity index (χ1n) is 10.8. The summed E-state index contributed by atoms with van der Waals surface area (Å²) in [6.07, 6.45) is 1.36. The van der Waals surface area contributed by atoms with Crippen LogP contribution < -0.4 is 14.8 Å². The van der Waals surface area contributed by atoms with Gasteiger partial charge < -0.3 is 14.8 Å². The number of ether oxygens (including phenoxy) is 2. The first-order chi connectivity index (χ1) is 15.3. The molecule has 0 aromatic heterocycles. The van der Waals surface area contributed by atoms with Crippen molar-refractivity contribution in [1.29, 1.82) is 0 Å². The number of fused-ring (bicyclic) bond motifs is 4. The van der Waals surface area contributed by atoms with Gasteiger partial charge >= 0.3 is 0 Å². The van der Waals surface area contributed by atoms with Gasteiger partial charge in [0, 0.05) is 23.2 Å². The number of hydrogen-bond donors (Lipinski definition) is 1. The van der Waals surface area contributed by atoms with Crippen LogP contribution >= 0.6 is 11.6 Å². The molecule has 1 atom stereocenters. The molecule has 3 aromatic carbocycles. The van der Waals surface area contributed by atoms with Gasteiger partial charge in [-0.3, -0.25) is 4.79 Å². The second kappa shape index (κ2) is 7.56. The first-order valence-corrected chi connectivity index (χ1v) is 11.2. The molecule has 1 aliphatic carbocycles. The van der Waals surface area contributed by atoms with Crippen LogP contribution in [-0.2, 0) is 4.79 Å². The Morgan fingerprint density at radius 2 is 1.81 bits per heavy atom. The van der Waals surface area contributed by atoms with E-state index in [4.69, 9.17) is 21.1 Å². The van der Waals surface area contributed by atoms with Gasteiger partial charge in [0.15, 0.2) is 17.3 Å². The lowest BCUT2D eigenvalue weighted by Crippen LogP contribution is -2.33. The zero-order valence-electron chi connectivity index (χ0n) is 18.7. The minimum absolute atomic E-state index is 0.0960. The van der Waals surface area contributed by atoms with Crippen LogP contribution in [0, 0.1) is 5.41 Å². The zero-order chi connectivity index (χ0) is 22.6. The number of anilines is 1. The van der Waals surface area contributed by atoms with Crippen molar-refractivity contribution >= 4 is 39.4 Å². The maximum atomic E-state index is 13.5. The molecule has 0 radical (unpaired) electrons. The topological polar surface area (TPSA) is 47.6 Å². The lowest BCUT2D eigenvalue weighted by Gasteiger charge is -2.40. The maximum Gasteiger partial charge on any atom is 0.179 e. The van der Waals surface area contributed by atoms with Gasteiger partial charge in [0.05, 0.1) is 25.3 Å². The Hall–Kier alpha value is -2.98. The molecule has 0 fully saturated rings. The third-order valence-corrected chi connectivity index (χ3v) is 6.81. The van der Waals surface area contributed by atoms with Crippen LogP contribution in [0.15, 0.2) is 54.1 Å². The second-order valence-corrected chi connectivity index (χ2v) is 9.77. The van der Waals surface area contributed by atoms with Gasteiger partial charge in [-0.1, -0.05) is 55.8 Å². The second-order valence-electron chi connectivity index (χ2n) is 9.36. The lowest BCUT2D eigenvalue weighted by atomic mass is 9.68. The highest BCUT2D eigenvalue weighted by molar-refractivity contribution is 6.32. The minimum atomic E-state index is -0.306. The summed E-state index contributed by atoms with van der Waals surface area (Å²) in [4.78, 5) is 13.5. The number of Topliss-reactive ketones (excluding diaryl/α,β-unsaturated/α-hetero) is 1. The maximum absolute atomic E-state index is 13.5. The van der Waals surface area contributed by atoms with E-state index in [-0.39, 0.29) is 17.2 Å². The third kappa shape index (κ3) is 3.25. The van der Waals surface area contributed by atoms with Crippen LogP contribution in [0.1, 0.15) is 43.9 Å².